The first-order valence-electron chi connectivity index (χ1n) is 6.02. The van der Waals surface area contributed by atoms with Crippen molar-refractivity contribution in [3.8, 4) is 0 Å². The van der Waals surface area contributed by atoms with Crippen LogP contribution in [0.2, 0.25) is 0 Å². The molecule has 0 aromatic heterocycles. The van der Waals surface area contributed by atoms with E-state index in [2.05, 4.69) is 12.1 Å². The van der Waals surface area contributed by atoms with Crippen LogP contribution < -0.4 is 0 Å². The Kier molecular flexibility index (Phi) is 10.1. The van der Waals surface area contributed by atoms with E-state index in [1.807, 2.05) is 45.9 Å². The highest BCUT2D eigenvalue weighted by molar-refractivity contribution is 5.13. The zero-order valence-electron chi connectivity index (χ0n) is 10.9. The van der Waals surface area contributed by atoms with E-state index in [0.717, 1.165) is 0 Å². The Balaban J connectivity index is 0.00000106. The van der Waals surface area contributed by atoms with Crippen LogP contribution in [0, 0.1) is 0 Å². The number of rotatable bonds is 6. The summed E-state index contributed by atoms with van der Waals surface area (Å²) >= 11 is 0. The van der Waals surface area contributed by atoms with Crippen molar-refractivity contribution in [3.63, 3.8) is 0 Å². The van der Waals surface area contributed by atoms with Crippen LogP contribution in [0.1, 0.15) is 33.3 Å². The average molecular weight is 224 g/mol. The third kappa shape index (κ3) is 8.45. The molecule has 2 heteroatoms. The van der Waals surface area contributed by atoms with Crippen molar-refractivity contribution in [1.29, 1.82) is 0 Å². The number of ether oxygens (including phenoxy) is 2. The van der Waals surface area contributed by atoms with E-state index in [0.29, 0.717) is 19.8 Å². The molecule has 0 fully saturated rings. The first-order chi connectivity index (χ1) is 7.79. The van der Waals surface area contributed by atoms with Gasteiger partial charge in [-0.3, -0.25) is 0 Å². The summed E-state index contributed by atoms with van der Waals surface area (Å²) in [7, 11) is 0. The fourth-order valence-electron chi connectivity index (χ4n) is 1.11. The molecule has 1 aromatic rings. The zero-order valence-corrected chi connectivity index (χ0v) is 10.9. The minimum Gasteiger partial charge on any atom is -0.376 e. The van der Waals surface area contributed by atoms with E-state index in [-0.39, 0.29) is 6.10 Å². The molecule has 0 aliphatic rings. The Labute approximate surface area is 99.6 Å². The minimum atomic E-state index is 0.287. The van der Waals surface area contributed by atoms with Crippen LogP contribution in [0.3, 0.4) is 0 Å². The smallest absolute Gasteiger partial charge is 0.0718 e. The Bertz CT molecular complexity index is 232. The lowest BCUT2D eigenvalue weighted by Gasteiger charge is -2.07. The Morgan fingerprint density at radius 3 is 2.19 bits per heavy atom. The van der Waals surface area contributed by atoms with Gasteiger partial charge in [0.2, 0.25) is 0 Å². The zero-order chi connectivity index (χ0) is 12.2. The van der Waals surface area contributed by atoms with Gasteiger partial charge in [-0.1, -0.05) is 44.2 Å². The highest BCUT2D eigenvalue weighted by atomic mass is 16.5. The molecule has 0 atom stereocenters. The Hall–Kier alpha value is -0.860. The molecular weight excluding hydrogens is 200 g/mol. The average Bonchev–Trinajstić information content (AvgIpc) is 2.32. The van der Waals surface area contributed by atoms with Gasteiger partial charge >= 0.3 is 0 Å². The van der Waals surface area contributed by atoms with Crippen molar-refractivity contribution in [2.75, 3.05) is 13.2 Å². The van der Waals surface area contributed by atoms with Crippen molar-refractivity contribution in [2.45, 2.75) is 40.4 Å². The third-order valence-corrected chi connectivity index (χ3v) is 1.79. The maximum atomic E-state index is 5.45. The molecule has 16 heavy (non-hydrogen) atoms. The molecule has 0 aliphatic heterocycles. The second-order valence-electron chi connectivity index (χ2n) is 3.46. The first kappa shape index (κ1) is 15.1. The highest BCUT2D eigenvalue weighted by Crippen LogP contribution is 2.00. The van der Waals surface area contributed by atoms with E-state index < -0.39 is 0 Å². The van der Waals surface area contributed by atoms with Crippen LogP contribution in [0.15, 0.2) is 30.3 Å². The lowest BCUT2D eigenvalue weighted by atomic mass is 10.2. The monoisotopic (exact) mass is 224 g/mol. The van der Waals surface area contributed by atoms with Crippen LogP contribution in [0.25, 0.3) is 0 Å². The van der Waals surface area contributed by atoms with Gasteiger partial charge < -0.3 is 9.47 Å². The fraction of sp³-hybridized carbons (Fsp3) is 0.571. The van der Waals surface area contributed by atoms with E-state index in [9.17, 15) is 0 Å². The molecule has 0 saturated heterocycles. The third-order valence-electron chi connectivity index (χ3n) is 1.79. The van der Waals surface area contributed by atoms with Crippen molar-refractivity contribution in [3.05, 3.63) is 35.9 Å². The summed E-state index contributed by atoms with van der Waals surface area (Å²) < 4.78 is 10.8. The lowest BCUT2D eigenvalue weighted by molar-refractivity contribution is 0.0143. The summed E-state index contributed by atoms with van der Waals surface area (Å²) in [6.45, 7) is 10.0. The van der Waals surface area contributed by atoms with E-state index in [4.69, 9.17) is 9.47 Å². The topological polar surface area (TPSA) is 18.5 Å². The summed E-state index contributed by atoms with van der Waals surface area (Å²) in [6, 6.07) is 10.2. The molecule has 0 heterocycles. The van der Waals surface area contributed by atoms with Crippen molar-refractivity contribution < 1.29 is 9.47 Å². The fourth-order valence-corrected chi connectivity index (χ4v) is 1.11. The maximum Gasteiger partial charge on any atom is 0.0718 e. The summed E-state index contributed by atoms with van der Waals surface area (Å²) in [5.41, 5.74) is 1.21. The lowest BCUT2D eigenvalue weighted by Crippen LogP contribution is -2.09. The van der Waals surface area contributed by atoms with Crippen LogP contribution in [-0.4, -0.2) is 19.3 Å². The van der Waals surface area contributed by atoms with Crippen LogP contribution >= 0.6 is 0 Å². The van der Waals surface area contributed by atoms with Gasteiger partial charge in [0, 0.05) is 0 Å². The normalized spacial score (nSPS) is 9.81. The van der Waals surface area contributed by atoms with Gasteiger partial charge in [-0.2, -0.15) is 0 Å². The molecule has 0 unspecified atom stereocenters. The maximum absolute atomic E-state index is 5.45. The molecule has 2 nitrogen and oxygen atoms in total. The van der Waals surface area contributed by atoms with Gasteiger partial charge in [0.15, 0.2) is 0 Å². The van der Waals surface area contributed by atoms with Gasteiger partial charge in [-0.05, 0) is 19.4 Å². The molecule has 0 radical (unpaired) electrons. The predicted molar refractivity (Wildman–Crippen MR) is 68.5 cm³/mol. The molecule has 0 amide bonds. The standard InChI is InChI=1S/C12H18O2.C2H6/c1-11(2)14-9-8-13-10-12-6-4-3-5-7-12;1-2/h3-7,11H,8-10H2,1-2H3;1-2H3. The Morgan fingerprint density at radius 2 is 1.62 bits per heavy atom. The quantitative estimate of drug-likeness (QED) is 0.687. The summed E-state index contributed by atoms with van der Waals surface area (Å²) in [4.78, 5) is 0. The molecular formula is C14H24O2. The summed E-state index contributed by atoms with van der Waals surface area (Å²) in [5, 5.41) is 0. The number of benzene rings is 1. The predicted octanol–water partition coefficient (Wildman–Crippen LogP) is 3.65. The van der Waals surface area contributed by atoms with Gasteiger partial charge in [0.1, 0.15) is 0 Å². The second kappa shape index (κ2) is 10.7. The SMILES string of the molecule is CC.CC(C)OCCOCc1ccccc1. The van der Waals surface area contributed by atoms with Gasteiger partial charge in [-0.25, -0.2) is 0 Å². The van der Waals surface area contributed by atoms with E-state index >= 15 is 0 Å². The van der Waals surface area contributed by atoms with E-state index in [1.165, 1.54) is 5.56 Å². The molecule has 0 saturated carbocycles. The van der Waals surface area contributed by atoms with Crippen LogP contribution in [-0.2, 0) is 16.1 Å². The van der Waals surface area contributed by atoms with Crippen LogP contribution in [0.5, 0.6) is 0 Å². The van der Waals surface area contributed by atoms with E-state index in [1.54, 1.807) is 0 Å². The molecule has 0 spiro atoms. The van der Waals surface area contributed by atoms with Crippen molar-refractivity contribution in [1.82, 2.24) is 0 Å². The molecule has 0 bridgehead atoms. The molecule has 0 N–H and O–H groups in total. The second-order valence-corrected chi connectivity index (χ2v) is 3.46. The molecule has 1 rings (SSSR count). The van der Waals surface area contributed by atoms with Gasteiger partial charge in [0.25, 0.3) is 0 Å². The highest BCUT2D eigenvalue weighted by Gasteiger charge is 1.94. The van der Waals surface area contributed by atoms with Crippen molar-refractivity contribution >= 4 is 0 Å². The minimum absolute atomic E-state index is 0.287. The first-order valence-corrected chi connectivity index (χ1v) is 6.02. The molecule has 1 aromatic carbocycles. The largest absolute Gasteiger partial charge is 0.376 e. The Morgan fingerprint density at radius 1 is 1.00 bits per heavy atom. The van der Waals surface area contributed by atoms with Crippen molar-refractivity contribution in [2.24, 2.45) is 0 Å². The van der Waals surface area contributed by atoms with Gasteiger partial charge in [0.05, 0.1) is 25.9 Å². The summed E-state index contributed by atoms with van der Waals surface area (Å²) in [5.74, 6) is 0. The molecule has 0 aliphatic carbocycles. The summed E-state index contributed by atoms with van der Waals surface area (Å²) in [6.07, 6.45) is 0.287. The number of hydrogen-bond acceptors (Lipinski definition) is 2. The van der Waals surface area contributed by atoms with Crippen LogP contribution in [0.4, 0.5) is 0 Å². The number of hydrogen-bond donors (Lipinski definition) is 0. The molecule has 92 valence electrons. The van der Waals surface area contributed by atoms with Gasteiger partial charge in [-0.15, -0.1) is 0 Å².